The molecule has 1 amide bonds. The largest absolute Gasteiger partial charge is 0.397 e. The number of anilines is 2. The predicted molar refractivity (Wildman–Crippen MR) is 77.1 cm³/mol. The van der Waals surface area contributed by atoms with Crippen LogP contribution in [-0.2, 0) is 0 Å². The Morgan fingerprint density at radius 1 is 1.35 bits per heavy atom. The van der Waals surface area contributed by atoms with Gasteiger partial charge in [0.2, 0.25) is 0 Å². The fourth-order valence-corrected chi connectivity index (χ4v) is 2.37. The topological polar surface area (TPSA) is 85.8 Å². The normalized spacial score (nSPS) is 14.3. The first-order chi connectivity index (χ1) is 9.56. The van der Waals surface area contributed by atoms with E-state index in [4.69, 9.17) is 28.9 Å². The van der Waals surface area contributed by atoms with E-state index < -0.39 is 0 Å². The van der Waals surface area contributed by atoms with E-state index in [-0.39, 0.29) is 21.9 Å². The summed E-state index contributed by atoms with van der Waals surface area (Å²) in [6.07, 6.45) is 5.08. The minimum Gasteiger partial charge on any atom is -0.397 e. The summed E-state index contributed by atoms with van der Waals surface area (Å²) in [6, 6.07) is 1.96. The number of nitrogen functional groups attached to an aromatic ring is 1. The third-order valence-corrected chi connectivity index (χ3v) is 3.61. The van der Waals surface area contributed by atoms with Crippen molar-refractivity contribution in [1.29, 1.82) is 0 Å². The van der Waals surface area contributed by atoms with Gasteiger partial charge in [-0.15, -0.1) is 0 Å². The highest BCUT2D eigenvalue weighted by Gasteiger charge is 2.28. The summed E-state index contributed by atoms with van der Waals surface area (Å²) in [5.74, 6) is -0.341. The Morgan fingerprint density at radius 3 is 2.60 bits per heavy atom. The van der Waals surface area contributed by atoms with Crippen molar-refractivity contribution < 1.29 is 4.79 Å². The van der Waals surface area contributed by atoms with Crippen molar-refractivity contribution in [2.45, 2.75) is 18.9 Å². The molecule has 0 aromatic carbocycles. The van der Waals surface area contributed by atoms with E-state index in [1.807, 2.05) is 4.57 Å². The van der Waals surface area contributed by atoms with Crippen molar-refractivity contribution in [3.8, 4) is 0 Å². The predicted octanol–water partition coefficient (Wildman–Crippen LogP) is 2.75. The van der Waals surface area contributed by atoms with Crippen LogP contribution in [0.25, 0.3) is 0 Å². The number of nitrogens with zero attached hydrogens (tertiary/aromatic N) is 3. The fraction of sp³-hybridized carbons (Fsp3) is 0.250. The number of halogens is 2. The van der Waals surface area contributed by atoms with Crippen molar-refractivity contribution in [3.05, 3.63) is 34.6 Å². The van der Waals surface area contributed by atoms with Gasteiger partial charge in [0.15, 0.2) is 10.3 Å². The molecule has 1 fully saturated rings. The monoisotopic (exact) mass is 311 g/mol. The molecule has 1 aliphatic carbocycles. The number of nitrogens with one attached hydrogen (secondary N) is 1. The second-order valence-corrected chi connectivity index (χ2v) is 5.30. The van der Waals surface area contributed by atoms with Crippen LogP contribution >= 0.6 is 23.2 Å². The standard InChI is InChI=1S/C12H11Cl2N5O/c13-10-9(11(14)17-5-16-10)18-12(20)8-3-6(15)4-19(8)7-1-2-7/h3-5,7H,1-2,15H2,(H,18,20). The average molecular weight is 312 g/mol. The number of nitrogens with two attached hydrogens (primary N) is 1. The molecule has 2 aromatic heterocycles. The van der Waals surface area contributed by atoms with Crippen LogP contribution in [0.4, 0.5) is 11.4 Å². The van der Waals surface area contributed by atoms with Gasteiger partial charge in [-0.25, -0.2) is 9.97 Å². The van der Waals surface area contributed by atoms with Crippen LogP contribution < -0.4 is 11.1 Å². The molecule has 3 N–H and O–H groups in total. The quantitative estimate of drug-likeness (QED) is 0.853. The summed E-state index contributed by atoms with van der Waals surface area (Å²) in [4.78, 5) is 19.9. The maximum Gasteiger partial charge on any atom is 0.272 e. The molecule has 6 nitrogen and oxygen atoms in total. The number of carbonyl (C=O) groups excluding carboxylic acids is 1. The van der Waals surface area contributed by atoms with Crippen molar-refractivity contribution in [1.82, 2.24) is 14.5 Å². The van der Waals surface area contributed by atoms with Crippen molar-refractivity contribution in [2.24, 2.45) is 0 Å². The van der Waals surface area contributed by atoms with Crippen LogP contribution in [0, 0.1) is 0 Å². The van der Waals surface area contributed by atoms with Gasteiger partial charge in [-0.1, -0.05) is 23.2 Å². The highest BCUT2D eigenvalue weighted by molar-refractivity contribution is 6.38. The van der Waals surface area contributed by atoms with E-state index in [1.165, 1.54) is 6.33 Å². The van der Waals surface area contributed by atoms with Gasteiger partial charge >= 0.3 is 0 Å². The molecule has 104 valence electrons. The number of hydrogen-bond acceptors (Lipinski definition) is 4. The van der Waals surface area contributed by atoms with E-state index in [2.05, 4.69) is 15.3 Å². The first-order valence-electron chi connectivity index (χ1n) is 6.01. The molecule has 0 bridgehead atoms. The van der Waals surface area contributed by atoms with E-state index in [0.717, 1.165) is 12.8 Å². The SMILES string of the molecule is Nc1cc(C(=O)Nc2c(Cl)ncnc2Cl)n(C2CC2)c1. The number of carbonyl (C=O) groups is 1. The van der Waals surface area contributed by atoms with Crippen LogP contribution in [0.1, 0.15) is 29.4 Å². The van der Waals surface area contributed by atoms with E-state index in [9.17, 15) is 4.79 Å². The average Bonchev–Trinajstić information content (AvgIpc) is 3.17. The Hall–Kier alpha value is -1.79. The summed E-state index contributed by atoms with van der Waals surface area (Å²) in [7, 11) is 0. The first-order valence-corrected chi connectivity index (χ1v) is 6.76. The molecule has 0 unspecified atom stereocenters. The maximum atomic E-state index is 12.3. The molecular formula is C12H11Cl2N5O. The minimum absolute atomic E-state index is 0.0934. The third kappa shape index (κ3) is 2.44. The number of hydrogen-bond donors (Lipinski definition) is 2. The lowest BCUT2D eigenvalue weighted by Gasteiger charge is -2.09. The molecule has 0 saturated heterocycles. The number of aromatic nitrogens is 3. The van der Waals surface area contributed by atoms with Crippen LogP contribution in [0.5, 0.6) is 0 Å². The highest BCUT2D eigenvalue weighted by atomic mass is 35.5. The maximum absolute atomic E-state index is 12.3. The molecular weight excluding hydrogens is 301 g/mol. The van der Waals surface area contributed by atoms with Crippen LogP contribution in [0.2, 0.25) is 10.3 Å². The van der Waals surface area contributed by atoms with Gasteiger partial charge in [0.1, 0.15) is 17.7 Å². The van der Waals surface area contributed by atoms with Crippen molar-refractivity contribution in [3.63, 3.8) is 0 Å². The lowest BCUT2D eigenvalue weighted by Crippen LogP contribution is -2.17. The van der Waals surface area contributed by atoms with Gasteiger partial charge in [-0.2, -0.15) is 0 Å². The molecule has 1 saturated carbocycles. The Balaban J connectivity index is 1.90. The van der Waals surface area contributed by atoms with Gasteiger partial charge in [0.25, 0.3) is 5.91 Å². The third-order valence-electron chi connectivity index (χ3n) is 3.04. The minimum atomic E-state index is -0.341. The molecule has 1 aliphatic rings. The molecule has 0 atom stereocenters. The van der Waals surface area contributed by atoms with Gasteiger partial charge in [0, 0.05) is 12.2 Å². The summed E-state index contributed by atoms with van der Waals surface area (Å²) in [5.41, 5.74) is 6.97. The first kappa shape index (κ1) is 13.2. The summed E-state index contributed by atoms with van der Waals surface area (Å²) < 4.78 is 1.87. The van der Waals surface area contributed by atoms with Gasteiger partial charge in [-0.05, 0) is 18.9 Å². The number of rotatable bonds is 3. The zero-order valence-electron chi connectivity index (χ0n) is 10.3. The summed E-state index contributed by atoms with van der Waals surface area (Å²) in [5, 5.41) is 2.81. The van der Waals surface area contributed by atoms with Crippen LogP contribution in [-0.4, -0.2) is 20.4 Å². The van der Waals surface area contributed by atoms with Gasteiger partial charge in [0.05, 0.1) is 5.69 Å². The van der Waals surface area contributed by atoms with Crippen LogP contribution in [0.15, 0.2) is 18.6 Å². The molecule has 8 heteroatoms. The molecule has 20 heavy (non-hydrogen) atoms. The lowest BCUT2D eigenvalue weighted by molar-refractivity contribution is 0.101. The van der Waals surface area contributed by atoms with Gasteiger partial charge < -0.3 is 15.6 Å². The Labute approximate surface area is 124 Å². The fourth-order valence-electron chi connectivity index (χ4n) is 1.96. The van der Waals surface area contributed by atoms with Crippen molar-refractivity contribution >= 4 is 40.5 Å². The Morgan fingerprint density at radius 2 is 2.00 bits per heavy atom. The molecule has 3 rings (SSSR count). The lowest BCUT2D eigenvalue weighted by atomic mass is 10.3. The molecule has 0 aliphatic heterocycles. The zero-order valence-corrected chi connectivity index (χ0v) is 11.8. The van der Waals surface area contributed by atoms with Crippen LogP contribution in [0.3, 0.4) is 0 Å². The summed E-state index contributed by atoms with van der Waals surface area (Å²) in [6.45, 7) is 0. The smallest absolute Gasteiger partial charge is 0.272 e. The highest BCUT2D eigenvalue weighted by Crippen LogP contribution is 2.37. The number of amides is 1. The second-order valence-electron chi connectivity index (χ2n) is 4.58. The van der Waals surface area contributed by atoms with Crippen molar-refractivity contribution in [2.75, 3.05) is 11.1 Å². The van der Waals surface area contributed by atoms with E-state index in [1.54, 1.807) is 12.3 Å². The van der Waals surface area contributed by atoms with E-state index >= 15 is 0 Å². The molecule has 0 spiro atoms. The Kier molecular flexibility index (Phi) is 3.27. The Bertz CT molecular complexity index is 660. The van der Waals surface area contributed by atoms with Gasteiger partial charge in [-0.3, -0.25) is 4.79 Å². The second kappa shape index (κ2) is 4.96. The molecule has 2 aromatic rings. The summed E-state index contributed by atoms with van der Waals surface area (Å²) >= 11 is 11.8. The molecule has 0 radical (unpaired) electrons. The molecule has 2 heterocycles. The zero-order chi connectivity index (χ0) is 14.3. The van der Waals surface area contributed by atoms with E-state index in [0.29, 0.717) is 17.4 Å².